The molecule has 5 heteroatoms. The summed E-state index contributed by atoms with van der Waals surface area (Å²) >= 11 is 0. The summed E-state index contributed by atoms with van der Waals surface area (Å²) in [6.07, 6.45) is 2.84. The van der Waals surface area contributed by atoms with Crippen LogP contribution in [0.5, 0.6) is 5.75 Å². The fraction of sp³-hybridized carbons (Fsp3) is 0.452. The van der Waals surface area contributed by atoms with Crippen LogP contribution in [0.15, 0.2) is 66.7 Å². The highest BCUT2D eigenvalue weighted by atomic mass is 16.3. The standard InChI is InChI=1S/C31H38N2O3/c1-22(2)20-33(3)16-15-30(26-9-6-10-28(34)18-26)19-27(13-14-31(30,36)21-33)32-29(35)25-12-11-23-7-4-5-8-24(23)17-25/h4-12,17-18,22,27,36H,13-16,19-21H2,1-3H3,(H-,32,34,35)/p+1/t27-,30-,31?,33+/m1/s1. The largest absolute Gasteiger partial charge is 0.508 e. The van der Waals surface area contributed by atoms with E-state index in [-0.39, 0.29) is 17.7 Å². The van der Waals surface area contributed by atoms with Crippen LogP contribution in [0.1, 0.15) is 55.5 Å². The molecule has 0 aromatic heterocycles. The molecular weight excluding hydrogens is 448 g/mol. The lowest BCUT2D eigenvalue weighted by molar-refractivity contribution is -0.926. The lowest BCUT2D eigenvalue weighted by Crippen LogP contribution is -2.71. The summed E-state index contributed by atoms with van der Waals surface area (Å²) in [4.78, 5) is 13.3. The number of aliphatic hydroxyl groups is 1. The molecule has 3 aromatic rings. The molecule has 5 nitrogen and oxygen atoms in total. The Labute approximate surface area is 214 Å². The third-order valence-electron chi connectivity index (χ3n) is 8.67. The van der Waals surface area contributed by atoms with E-state index in [0.717, 1.165) is 46.8 Å². The molecule has 1 unspecified atom stereocenters. The molecule has 1 amide bonds. The van der Waals surface area contributed by atoms with E-state index >= 15 is 0 Å². The first kappa shape index (κ1) is 24.8. The Morgan fingerprint density at radius 1 is 1.06 bits per heavy atom. The number of piperidine rings is 1. The Morgan fingerprint density at radius 2 is 1.83 bits per heavy atom. The minimum atomic E-state index is -0.896. The summed E-state index contributed by atoms with van der Waals surface area (Å²) in [6.45, 7) is 7.15. The van der Waals surface area contributed by atoms with E-state index < -0.39 is 11.0 Å². The van der Waals surface area contributed by atoms with Gasteiger partial charge in [-0.05, 0) is 59.9 Å². The second-order valence-corrected chi connectivity index (χ2v) is 12.0. The molecule has 1 heterocycles. The number of carbonyl (C=O) groups is 1. The van der Waals surface area contributed by atoms with Gasteiger partial charge in [0.15, 0.2) is 0 Å². The summed E-state index contributed by atoms with van der Waals surface area (Å²) < 4.78 is 0.850. The maximum Gasteiger partial charge on any atom is 0.251 e. The topological polar surface area (TPSA) is 69.6 Å². The summed E-state index contributed by atoms with van der Waals surface area (Å²) in [5, 5.41) is 28.1. The number of hydrogen-bond donors (Lipinski definition) is 3. The number of rotatable bonds is 5. The summed E-state index contributed by atoms with van der Waals surface area (Å²) in [5.74, 6) is 0.694. The van der Waals surface area contributed by atoms with Crippen molar-refractivity contribution in [2.75, 3.05) is 26.7 Å². The third-order valence-corrected chi connectivity index (χ3v) is 8.67. The number of phenols is 1. The molecule has 0 spiro atoms. The summed E-state index contributed by atoms with van der Waals surface area (Å²) in [6, 6.07) is 21.2. The van der Waals surface area contributed by atoms with E-state index in [2.05, 4.69) is 26.2 Å². The van der Waals surface area contributed by atoms with Gasteiger partial charge in [0.25, 0.3) is 5.91 Å². The molecule has 3 N–H and O–H groups in total. The van der Waals surface area contributed by atoms with Crippen LogP contribution in [-0.2, 0) is 5.41 Å². The van der Waals surface area contributed by atoms with E-state index in [1.165, 1.54) is 0 Å². The van der Waals surface area contributed by atoms with Crippen molar-refractivity contribution in [1.29, 1.82) is 0 Å². The molecule has 2 aliphatic rings. The van der Waals surface area contributed by atoms with Crippen LogP contribution in [0, 0.1) is 5.92 Å². The lowest BCUT2D eigenvalue weighted by Gasteiger charge is -2.59. The van der Waals surface area contributed by atoms with Crippen molar-refractivity contribution < 1.29 is 19.5 Å². The third kappa shape index (κ3) is 4.51. The molecule has 5 rings (SSSR count). The van der Waals surface area contributed by atoms with Crippen molar-refractivity contribution in [2.45, 2.75) is 56.6 Å². The smallest absolute Gasteiger partial charge is 0.251 e. The molecule has 36 heavy (non-hydrogen) atoms. The second-order valence-electron chi connectivity index (χ2n) is 12.0. The van der Waals surface area contributed by atoms with Gasteiger partial charge >= 0.3 is 0 Å². The van der Waals surface area contributed by atoms with Crippen LogP contribution < -0.4 is 5.32 Å². The van der Waals surface area contributed by atoms with Gasteiger partial charge in [-0.1, -0.05) is 56.3 Å². The predicted octanol–water partition coefficient (Wildman–Crippen LogP) is 5.00. The molecule has 1 aliphatic carbocycles. The Bertz CT molecular complexity index is 1270. The minimum absolute atomic E-state index is 0.0476. The normalized spacial score (nSPS) is 30.2. The SMILES string of the molecule is CC(C)C[N@+]1(C)CC[C@]2(c3cccc(O)c3)C[C@H](NC(=O)c3ccc4ccccc4c3)CCC2(O)C1. The van der Waals surface area contributed by atoms with Crippen molar-refractivity contribution in [3.63, 3.8) is 0 Å². The lowest BCUT2D eigenvalue weighted by atomic mass is 9.54. The van der Waals surface area contributed by atoms with E-state index in [1.54, 1.807) is 6.07 Å². The molecule has 0 bridgehead atoms. The van der Waals surface area contributed by atoms with Gasteiger partial charge in [0.2, 0.25) is 0 Å². The van der Waals surface area contributed by atoms with Gasteiger partial charge in [-0.2, -0.15) is 0 Å². The number of nitrogens with one attached hydrogen (secondary N) is 1. The van der Waals surface area contributed by atoms with Gasteiger partial charge in [-0.25, -0.2) is 0 Å². The average Bonchev–Trinajstić information content (AvgIpc) is 2.83. The number of hydrogen-bond acceptors (Lipinski definition) is 3. The van der Waals surface area contributed by atoms with Gasteiger partial charge in [-0.3, -0.25) is 4.79 Å². The predicted molar refractivity (Wildman–Crippen MR) is 144 cm³/mol. The number of benzene rings is 3. The molecule has 1 saturated heterocycles. The number of likely N-dealkylation sites (tertiary alicyclic amines) is 1. The number of carbonyl (C=O) groups excluding carboxylic acids is 1. The Balaban J connectivity index is 1.44. The number of amides is 1. The van der Waals surface area contributed by atoms with Crippen LogP contribution in [0.2, 0.25) is 0 Å². The first-order valence-corrected chi connectivity index (χ1v) is 13.3. The number of quaternary nitrogens is 1. The molecular formula is C31H39N2O3+. The van der Waals surface area contributed by atoms with Crippen molar-refractivity contribution in [2.24, 2.45) is 5.92 Å². The summed E-state index contributed by atoms with van der Waals surface area (Å²) in [5.41, 5.74) is 0.226. The zero-order chi connectivity index (χ0) is 25.6. The zero-order valence-electron chi connectivity index (χ0n) is 21.7. The minimum Gasteiger partial charge on any atom is -0.508 e. The van der Waals surface area contributed by atoms with Gasteiger partial charge in [0.1, 0.15) is 17.9 Å². The first-order chi connectivity index (χ1) is 17.1. The van der Waals surface area contributed by atoms with Crippen LogP contribution in [0.25, 0.3) is 10.8 Å². The van der Waals surface area contributed by atoms with Crippen molar-refractivity contribution in [3.8, 4) is 5.75 Å². The first-order valence-electron chi connectivity index (χ1n) is 13.3. The average molecular weight is 488 g/mol. The van der Waals surface area contributed by atoms with E-state index in [9.17, 15) is 15.0 Å². The highest BCUT2D eigenvalue weighted by Crippen LogP contribution is 2.53. The number of phenolic OH excluding ortho intramolecular Hbond substituents is 1. The second kappa shape index (κ2) is 9.20. The fourth-order valence-electron chi connectivity index (χ4n) is 7.20. The molecule has 1 aliphatic heterocycles. The molecule has 0 radical (unpaired) electrons. The quantitative estimate of drug-likeness (QED) is 0.444. The van der Waals surface area contributed by atoms with E-state index in [0.29, 0.717) is 30.9 Å². The van der Waals surface area contributed by atoms with Crippen molar-refractivity contribution in [1.82, 2.24) is 5.32 Å². The van der Waals surface area contributed by atoms with Crippen LogP contribution in [-0.4, -0.2) is 58.9 Å². The van der Waals surface area contributed by atoms with Gasteiger partial charge in [0.05, 0.1) is 20.1 Å². The maximum atomic E-state index is 13.3. The number of nitrogens with zero attached hydrogens (tertiary/aromatic N) is 1. The zero-order valence-corrected chi connectivity index (χ0v) is 21.7. The van der Waals surface area contributed by atoms with Gasteiger partial charge in [-0.15, -0.1) is 0 Å². The molecule has 3 aromatic carbocycles. The van der Waals surface area contributed by atoms with Gasteiger partial charge in [0, 0.05) is 29.4 Å². The monoisotopic (exact) mass is 487 g/mol. The van der Waals surface area contributed by atoms with Crippen LogP contribution in [0.4, 0.5) is 0 Å². The Morgan fingerprint density at radius 3 is 2.58 bits per heavy atom. The number of aromatic hydroxyl groups is 1. The highest BCUT2D eigenvalue weighted by Gasteiger charge is 2.61. The fourth-order valence-corrected chi connectivity index (χ4v) is 7.20. The molecule has 4 atom stereocenters. The van der Waals surface area contributed by atoms with Crippen LogP contribution in [0.3, 0.4) is 0 Å². The molecule has 1 saturated carbocycles. The number of likely N-dealkylation sites (N-methyl/N-ethyl adjacent to an activating group) is 1. The molecule has 190 valence electrons. The van der Waals surface area contributed by atoms with E-state index in [1.807, 2.05) is 60.7 Å². The molecule has 2 fully saturated rings. The van der Waals surface area contributed by atoms with Gasteiger partial charge < -0.3 is 20.0 Å². The summed E-state index contributed by atoms with van der Waals surface area (Å²) in [7, 11) is 2.26. The Hall–Kier alpha value is -2.89. The maximum absolute atomic E-state index is 13.3. The van der Waals surface area contributed by atoms with Crippen LogP contribution >= 0.6 is 0 Å². The van der Waals surface area contributed by atoms with E-state index in [4.69, 9.17) is 0 Å². The van der Waals surface area contributed by atoms with Crippen molar-refractivity contribution >= 4 is 16.7 Å². The highest BCUT2D eigenvalue weighted by molar-refractivity contribution is 5.98. The van der Waals surface area contributed by atoms with Crippen molar-refractivity contribution in [3.05, 3.63) is 77.9 Å². The Kier molecular flexibility index (Phi) is 6.34. The number of fused-ring (bicyclic) bond motifs is 2.